The van der Waals surface area contributed by atoms with Crippen molar-refractivity contribution in [2.45, 2.75) is 40.5 Å². The summed E-state index contributed by atoms with van der Waals surface area (Å²) in [6, 6.07) is 0. The van der Waals surface area contributed by atoms with E-state index in [0.29, 0.717) is 17.5 Å². The molecule has 1 aromatic heterocycles. The molecule has 1 rings (SSSR count). The highest BCUT2D eigenvalue weighted by Crippen LogP contribution is 2.14. The van der Waals surface area contributed by atoms with E-state index in [-0.39, 0.29) is 5.84 Å². The highest BCUT2D eigenvalue weighted by molar-refractivity contribution is 5.94. The van der Waals surface area contributed by atoms with Gasteiger partial charge in [-0.25, -0.2) is 9.97 Å². The van der Waals surface area contributed by atoms with Crippen LogP contribution in [-0.2, 0) is 0 Å². The van der Waals surface area contributed by atoms with Gasteiger partial charge in [-0.3, -0.25) is 0 Å². The van der Waals surface area contributed by atoms with Crippen LogP contribution in [-0.4, -0.2) is 34.1 Å². The van der Waals surface area contributed by atoms with Crippen molar-refractivity contribution < 1.29 is 5.21 Å². The minimum atomic E-state index is -0.0232. The van der Waals surface area contributed by atoms with Gasteiger partial charge in [0.15, 0.2) is 5.84 Å². The van der Waals surface area contributed by atoms with Crippen LogP contribution in [0.15, 0.2) is 17.5 Å². The van der Waals surface area contributed by atoms with Crippen LogP contribution in [0.3, 0.4) is 0 Å². The SMILES string of the molecule is CC(C)CCN(CCC(C)C)c1cnc(C(N)=NO)cn1. The standard InChI is InChI=1S/C15H27N5O/c1-11(2)5-7-20(8-6-12(3)4)14-10-17-13(9-18-14)15(16)19-21/h9-12,21H,5-8H2,1-4H3,(H2,16,19). The minimum absolute atomic E-state index is 0.0232. The maximum atomic E-state index is 8.64. The van der Waals surface area contributed by atoms with Crippen molar-refractivity contribution in [1.82, 2.24) is 9.97 Å². The summed E-state index contributed by atoms with van der Waals surface area (Å²) in [5, 5.41) is 11.6. The molecule has 0 aromatic carbocycles. The summed E-state index contributed by atoms with van der Waals surface area (Å²) in [4.78, 5) is 10.9. The summed E-state index contributed by atoms with van der Waals surface area (Å²) in [7, 11) is 0. The third-order valence-electron chi connectivity index (χ3n) is 3.29. The number of oxime groups is 1. The second-order valence-electron chi connectivity index (χ2n) is 6.10. The molecule has 0 aliphatic rings. The Morgan fingerprint density at radius 1 is 1.14 bits per heavy atom. The lowest BCUT2D eigenvalue weighted by atomic mass is 10.1. The van der Waals surface area contributed by atoms with E-state index < -0.39 is 0 Å². The van der Waals surface area contributed by atoms with Gasteiger partial charge in [0.05, 0.1) is 12.4 Å². The zero-order valence-electron chi connectivity index (χ0n) is 13.5. The number of rotatable bonds is 8. The zero-order chi connectivity index (χ0) is 15.8. The first-order valence-electron chi connectivity index (χ1n) is 7.49. The summed E-state index contributed by atoms with van der Waals surface area (Å²) in [6.07, 6.45) is 5.46. The van der Waals surface area contributed by atoms with E-state index in [1.165, 1.54) is 0 Å². The molecular weight excluding hydrogens is 266 g/mol. The maximum Gasteiger partial charge on any atom is 0.190 e. The second-order valence-corrected chi connectivity index (χ2v) is 6.10. The van der Waals surface area contributed by atoms with Crippen LogP contribution >= 0.6 is 0 Å². The molecule has 118 valence electrons. The van der Waals surface area contributed by atoms with Gasteiger partial charge in [-0.1, -0.05) is 32.9 Å². The molecular formula is C15H27N5O. The Hall–Kier alpha value is -1.85. The third kappa shape index (κ3) is 5.97. The third-order valence-corrected chi connectivity index (χ3v) is 3.29. The van der Waals surface area contributed by atoms with Gasteiger partial charge in [0, 0.05) is 13.1 Å². The summed E-state index contributed by atoms with van der Waals surface area (Å²) in [5.74, 6) is 2.11. The first-order chi connectivity index (χ1) is 9.93. The fraction of sp³-hybridized carbons (Fsp3) is 0.667. The summed E-state index contributed by atoms with van der Waals surface area (Å²) in [6.45, 7) is 10.8. The predicted molar refractivity (Wildman–Crippen MR) is 85.7 cm³/mol. The van der Waals surface area contributed by atoms with Gasteiger partial charge in [-0.2, -0.15) is 0 Å². The van der Waals surface area contributed by atoms with Crippen molar-refractivity contribution in [2.75, 3.05) is 18.0 Å². The topological polar surface area (TPSA) is 87.6 Å². The van der Waals surface area contributed by atoms with Gasteiger partial charge in [0.2, 0.25) is 0 Å². The predicted octanol–water partition coefficient (Wildman–Crippen LogP) is 2.47. The van der Waals surface area contributed by atoms with Gasteiger partial charge in [0.25, 0.3) is 0 Å². The lowest BCUT2D eigenvalue weighted by Gasteiger charge is -2.25. The Morgan fingerprint density at radius 3 is 2.10 bits per heavy atom. The Kier molecular flexibility index (Phi) is 6.91. The van der Waals surface area contributed by atoms with E-state index in [0.717, 1.165) is 31.7 Å². The van der Waals surface area contributed by atoms with Crippen LogP contribution < -0.4 is 10.6 Å². The van der Waals surface area contributed by atoms with Crippen LogP contribution in [0.4, 0.5) is 5.82 Å². The summed E-state index contributed by atoms with van der Waals surface area (Å²) in [5.41, 5.74) is 5.88. The summed E-state index contributed by atoms with van der Waals surface area (Å²) >= 11 is 0. The highest BCUT2D eigenvalue weighted by Gasteiger charge is 2.11. The molecule has 0 atom stereocenters. The number of aromatic nitrogens is 2. The van der Waals surface area contributed by atoms with Gasteiger partial charge in [-0.15, -0.1) is 0 Å². The minimum Gasteiger partial charge on any atom is -0.409 e. The smallest absolute Gasteiger partial charge is 0.190 e. The molecule has 0 aliphatic carbocycles. The van der Waals surface area contributed by atoms with Crippen molar-refractivity contribution in [2.24, 2.45) is 22.7 Å². The van der Waals surface area contributed by atoms with Gasteiger partial charge in [-0.05, 0) is 24.7 Å². The molecule has 0 unspecified atom stereocenters. The number of hydrogen-bond acceptors (Lipinski definition) is 5. The van der Waals surface area contributed by atoms with E-state index in [1.54, 1.807) is 12.4 Å². The van der Waals surface area contributed by atoms with Crippen LogP contribution in [0, 0.1) is 11.8 Å². The Balaban J connectivity index is 2.80. The largest absolute Gasteiger partial charge is 0.409 e. The molecule has 0 saturated heterocycles. The molecule has 0 aliphatic heterocycles. The number of nitrogens with two attached hydrogens (primary N) is 1. The molecule has 1 aromatic rings. The molecule has 3 N–H and O–H groups in total. The quantitative estimate of drug-likeness (QED) is 0.333. The zero-order valence-corrected chi connectivity index (χ0v) is 13.5. The van der Waals surface area contributed by atoms with Gasteiger partial charge < -0.3 is 15.8 Å². The molecule has 6 nitrogen and oxygen atoms in total. The molecule has 6 heteroatoms. The second kappa shape index (κ2) is 8.44. The van der Waals surface area contributed by atoms with E-state index in [9.17, 15) is 0 Å². The molecule has 0 fully saturated rings. The average molecular weight is 293 g/mol. The number of anilines is 1. The molecule has 0 amide bonds. The van der Waals surface area contributed by atoms with Crippen molar-refractivity contribution in [3.63, 3.8) is 0 Å². The van der Waals surface area contributed by atoms with Crippen molar-refractivity contribution >= 4 is 11.7 Å². The lowest BCUT2D eigenvalue weighted by molar-refractivity contribution is 0.318. The van der Waals surface area contributed by atoms with Crippen molar-refractivity contribution in [3.05, 3.63) is 18.1 Å². The molecule has 0 spiro atoms. The normalized spacial score (nSPS) is 12.2. The van der Waals surface area contributed by atoms with E-state index in [4.69, 9.17) is 10.9 Å². The van der Waals surface area contributed by atoms with Crippen LogP contribution in [0.2, 0.25) is 0 Å². The van der Waals surface area contributed by atoms with Gasteiger partial charge >= 0.3 is 0 Å². The molecule has 21 heavy (non-hydrogen) atoms. The Bertz CT molecular complexity index is 430. The van der Waals surface area contributed by atoms with E-state index in [1.807, 2.05) is 0 Å². The average Bonchev–Trinajstić information content (AvgIpc) is 2.46. The first kappa shape index (κ1) is 17.2. The molecule has 0 radical (unpaired) electrons. The van der Waals surface area contributed by atoms with Crippen molar-refractivity contribution in [1.29, 1.82) is 0 Å². The fourth-order valence-electron chi connectivity index (χ4n) is 1.84. The molecule has 1 heterocycles. The summed E-state index contributed by atoms with van der Waals surface area (Å²) < 4.78 is 0. The Labute approximate surface area is 127 Å². The number of hydrogen-bond donors (Lipinski definition) is 2. The maximum absolute atomic E-state index is 8.64. The molecule has 0 saturated carbocycles. The van der Waals surface area contributed by atoms with Crippen LogP contribution in [0.5, 0.6) is 0 Å². The van der Waals surface area contributed by atoms with Crippen molar-refractivity contribution in [3.8, 4) is 0 Å². The monoisotopic (exact) mass is 293 g/mol. The highest BCUT2D eigenvalue weighted by atomic mass is 16.4. The van der Waals surface area contributed by atoms with Gasteiger partial charge in [0.1, 0.15) is 11.5 Å². The lowest BCUT2D eigenvalue weighted by Crippen LogP contribution is -2.29. The fourth-order valence-corrected chi connectivity index (χ4v) is 1.84. The number of amidine groups is 1. The van der Waals surface area contributed by atoms with E-state index in [2.05, 4.69) is 47.7 Å². The Morgan fingerprint density at radius 2 is 1.71 bits per heavy atom. The van der Waals surface area contributed by atoms with E-state index >= 15 is 0 Å². The van der Waals surface area contributed by atoms with Crippen LogP contribution in [0.1, 0.15) is 46.2 Å². The number of nitrogens with zero attached hydrogens (tertiary/aromatic N) is 4. The first-order valence-corrected chi connectivity index (χ1v) is 7.49. The van der Waals surface area contributed by atoms with Crippen LogP contribution in [0.25, 0.3) is 0 Å². The molecule has 0 bridgehead atoms.